The van der Waals surface area contributed by atoms with E-state index in [1.54, 1.807) is 0 Å². The molecule has 0 fully saturated rings. The van der Waals surface area contributed by atoms with Crippen molar-refractivity contribution in [3.8, 4) is 0 Å². The SMILES string of the molecule is CC(=O)O.O=[N+]([O-])O.[Mg+2].[MgH2]. The Kier molecular flexibility index (Phi) is 36.1. The molecule has 0 rings (SSSR count). The molecule has 10 heavy (non-hydrogen) atoms. The summed E-state index contributed by atoms with van der Waals surface area (Å²) < 4.78 is 0. The van der Waals surface area contributed by atoms with E-state index in [0.717, 1.165) is 6.92 Å². The number of carboxylic acids is 1. The molecule has 0 amide bonds. The van der Waals surface area contributed by atoms with Crippen LogP contribution in [0.2, 0.25) is 0 Å². The Hall–Kier alpha value is 0.202. The molecule has 6 nitrogen and oxygen atoms in total. The van der Waals surface area contributed by atoms with Crippen LogP contribution in [0.15, 0.2) is 0 Å². The summed E-state index contributed by atoms with van der Waals surface area (Å²) in [5.41, 5.74) is 0. The van der Waals surface area contributed by atoms with E-state index in [1.165, 1.54) is 0 Å². The quantitative estimate of drug-likeness (QED) is 0.262. The summed E-state index contributed by atoms with van der Waals surface area (Å²) in [6.07, 6.45) is 0. The second-order valence-electron chi connectivity index (χ2n) is 0.757. The van der Waals surface area contributed by atoms with Gasteiger partial charge in [0.15, 0.2) is 0 Å². The third kappa shape index (κ3) is 10400. The van der Waals surface area contributed by atoms with E-state index in [4.69, 9.17) is 25.2 Å². The number of carbonyl (C=O) groups is 1. The van der Waals surface area contributed by atoms with Gasteiger partial charge in [-0.3, -0.25) is 4.79 Å². The first kappa shape index (κ1) is 22.5. The first-order chi connectivity index (χ1) is 3.46. The fourth-order valence-corrected chi connectivity index (χ4v) is 0. The van der Waals surface area contributed by atoms with Crippen molar-refractivity contribution in [1.82, 2.24) is 0 Å². The Morgan fingerprint density at radius 2 is 1.60 bits per heavy atom. The number of rotatable bonds is 0. The van der Waals surface area contributed by atoms with Gasteiger partial charge in [-0.2, -0.15) is 0 Å². The molecule has 0 atom stereocenters. The summed E-state index contributed by atoms with van der Waals surface area (Å²) in [5, 5.41) is 21.1. The van der Waals surface area contributed by atoms with Crippen molar-refractivity contribution >= 4 is 52.1 Å². The minimum Gasteiger partial charge on any atom is -0.481 e. The number of hydrogen-bond acceptors (Lipinski definition) is 3. The molecular weight excluding hydrogens is 167 g/mol. The zero-order chi connectivity index (χ0) is 7.15. The summed E-state index contributed by atoms with van der Waals surface area (Å²) >= 11 is 0. The van der Waals surface area contributed by atoms with Gasteiger partial charge >= 0.3 is 46.1 Å². The molecule has 0 radical (unpaired) electrons. The maximum absolute atomic E-state index is 9.00. The number of hydrogen-bond donors (Lipinski definition) is 2. The van der Waals surface area contributed by atoms with Gasteiger partial charge in [-0.1, -0.05) is 0 Å². The predicted molar refractivity (Wildman–Crippen MR) is 36.4 cm³/mol. The van der Waals surface area contributed by atoms with Gasteiger partial charge < -0.3 is 10.3 Å². The van der Waals surface area contributed by atoms with Crippen LogP contribution in [0.25, 0.3) is 0 Å². The Morgan fingerprint density at radius 1 is 1.60 bits per heavy atom. The van der Waals surface area contributed by atoms with E-state index < -0.39 is 11.1 Å². The average Bonchev–Trinajstić information content (AvgIpc) is 1.25. The molecule has 0 aliphatic heterocycles. The van der Waals surface area contributed by atoms with Crippen molar-refractivity contribution in [2.24, 2.45) is 0 Å². The van der Waals surface area contributed by atoms with Crippen LogP contribution in [-0.4, -0.2) is 67.5 Å². The first-order valence-corrected chi connectivity index (χ1v) is 1.49. The van der Waals surface area contributed by atoms with Crippen molar-refractivity contribution in [2.45, 2.75) is 6.92 Å². The molecule has 0 spiro atoms. The molecule has 0 saturated heterocycles. The monoisotopic (exact) mass is 173 g/mol. The molecule has 8 heteroatoms. The van der Waals surface area contributed by atoms with E-state index in [0.29, 0.717) is 0 Å². The topological polar surface area (TPSA) is 101 Å². The van der Waals surface area contributed by atoms with Gasteiger partial charge in [-0.15, -0.1) is 10.1 Å². The van der Waals surface area contributed by atoms with Crippen LogP contribution in [-0.2, 0) is 4.79 Å². The Balaban J connectivity index is -0.0000000300. The summed E-state index contributed by atoms with van der Waals surface area (Å²) in [6.45, 7) is 1.08. The molecule has 0 aliphatic rings. The average molecular weight is 174 g/mol. The zero-order valence-electron chi connectivity index (χ0n) is 4.77. The van der Waals surface area contributed by atoms with Gasteiger partial charge in [-0.05, 0) is 0 Å². The minimum absolute atomic E-state index is 0. The Morgan fingerprint density at radius 3 is 1.60 bits per heavy atom. The standard InChI is InChI=1S/C2H4O2.2Mg.HNO3.2H/c1-2(3)4;;;2-1(3)4;;/h1H3,(H,3,4);;;(H,2,3,4);;/q;;+2;;;. The largest absolute Gasteiger partial charge is 2.00 e. The second-order valence-corrected chi connectivity index (χ2v) is 0.757. The molecule has 52 valence electrons. The van der Waals surface area contributed by atoms with Gasteiger partial charge in [-0.25, -0.2) is 0 Å². The van der Waals surface area contributed by atoms with E-state index in [9.17, 15) is 0 Å². The molecule has 0 unspecified atom stereocenters. The molecule has 2 N–H and O–H groups in total. The fraction of sp³-hybridized carbons (Fsp3) is 0.500. The maximum Gasteiger partial charge on any atom is 2.00 e. The van der Waals surface area contributed by atoms with Crippen LogP contribution in [0, 0.1) is 10.1 Å². The normalized spacial score (nSPS) is 4.90. The van der Waals surface area contributed by atoms with Crippen molar-refractivity contribution < 1.29 is 20.2 Å². The van der Waals surface area contributed by atoms with E-state index >= 15 is 0 Å². The minimum atomic E-state index is -1.50. The van der Waals surface area contributed by atoms with Crippen LogP contribution in [0.3, 0.4) is 0 Å². The maximum atomic E-state index is 9.00. The predicted octanol–water partition coefficient (Wildman–Crippen LogP) is -1.55. The molecule has 0 aromatic heterocycles. The number of carboxylic acid groups (broad SMARTS) is 1. The van der Waals surface area contributed by atoms with Gasteiger partial charge in [0.25, 0.3) is 11.1 Å². The Bertz CT molecular complexity index is 75.6. The van der Waals surface area contributed by atoms with Gasteiger partial charge in [0.1, 0.15) is 0 Å². The van der Waals surface area contributed by atoms with Gasteiger partial charge in [0.05, 0.1) is 0 Å². The summed E-state index contributed by atoms with van der Waals surface area (Å²) in [5.74, 6) is -0.833. The summed E-state index contributed by atoms with van der Waals surface area (Å²) in [6, 6.07) is 0. The molecule has 0 heterocycles. The number of aliphatic carboxylic acids is 1. The van der Waals surface area contributed by atoms with Crippen LogP contribution in [0.4, 0.5) is 0 Å². The molecular formula is C2H7Mg2NO5+2. The van der Waals surface area contributed by atoms with E-state index in [1.807, 2.05) is 0 Å². The first-order valence-electron chi connectivity index (χ1n) is 1.49. The fourth-order valence-electron chi connectivity index (χ4n) is 0. The molecule has 0 aliphatic carbocycles. The third-order valence-electron chi connectivity index (χ3n) is 0. The molecule has 0 aromatic carbocycles. The van der Waals surface area contributed by atoms with Crippen LogP contribution in [0.1, 0.15) is 6.92 Å². The van der Waals surface area contributed by atoms with Crippen molar-refractivity contribution in [2.75, 3.05) is 0 Å². The van der Waals surface area contributed by atoms with Crippen LogP contribution in [0.5, 0.6) is 0 Å². The van der Waals surface area contributed by atoms with Crippen molar-refractivity contribution in [3.05, 3.63) is 10.1 Å². The second kappa shape index (κ2) is 16.1. The van der Waals surface area contributed by atoms with Crippen LogP contribution >= 0.6 is 0 Å². The molecule has 0 saturated carbocycles. The smallest absolute Gasteiger partial charge is 0.481 e. The van der Waals surface area contributed by atoms with Crippen molar-refractivity contribution in [1.29, 1.82) is 0 Å². The Labute approximate surface area is 89.0 Å². The van der Waals surface area contributed by atoms with E-state index in [2.05, 4.69) is 0 Å². The molecule has 0 aromatic rings. The van der Waals surface area contributed by atoms with Gasteiger partial charge in [0.2, 0.25) is 0 Å². The van der Waals surface area contributed by atoms with Crippen LogP contribution < -0.4 is 0 Å². The summed E-state index contributed by atoms with van der Waals surface area (Å²) in [7, 11) is 0. The van der Waals surface area contributed by atoms with E-state index in [-0.39, 0.29) is 46.1 Å². The number of nitrogens with zero attached hydrogens (tertiary/aromatic N) is 1. The molecule has 0 bridgehead atoms. The van der Waals surface area contributed by atoms with Gasteiger partial charge in [0, 0.05) is 6.92 Å². The third-order valence-corrected chi connectivity index (χ3v) is 0. The summed E-state index contributed by atoms with van der Waals surface area (Å²) in [4.78, 5) is 17.4. The van der Waals surface area contributed by atoms with Crippen molar-refractivity contribution in [3.63, 3.8) is 0 Å². The zero-order valence-corrected chi connectivity index (χ0v) is 6.19.